The Balaban J connectivity index is 0.980. The molecule has 0 aliphatic rings. The SMILES string of the molecule is [2H]c1c([2H])c([2H])c(-c2ccc(N(c3ccccc3)c3cccc4c(-c5ccc(-c6ccc7c(c6)c6ccc8ccccc8c6n7-c6ccccc6)cc5)cccc34)cc2)c([2H])c1[2H]. The molecular weight excluding hydrogens is 701 g/mol. The zero-order valence-corrected chi connectivity index (χ0v) is 31.4. The third kappa shape index (κ3) is 5.74. The minimum atomic E-state index is -0.401. The molecule has 0 aliphatic heterocycles. The third-order valence-electron chi connectivity index (χ3n) is 11.3. The van der Waals surface area contributed by atoms with Crippen molar-refractivity contribution < 1.29 is 6.85 Å². The number of benzene rings is 10. The van der Waals surface area contributed by atoms with Crippen molar-refractivity contribution in [1.29, 1.82) is 0 Å². The quantitative estimate of drug-likeness (QED) is 0.158. The van der Waals surface area contributed by atoms with Gasteiger partial charge in [-0.15, -0.1) is 0 Å². The van der Waals surface area contributed by atoms with E-state index in [9.17, 15) is 0 Å². The maximum atomic E-state index is 8.54. The molecule has 0 atom stereocenters. The lowest BCUT2D eigenvalue weighted by molar-refractivity contribution is 1.19. The van der Waals surface area contributed by atoms with E-state index in [1.807, 2.05) is 42.5 Å². The molecule has 0 fully saturated rings. The van der Waals surface area contributed by atoms with Gasteiger partial charge in [0.05, 0.1) is 23.6 Å². The number of para-hydroxylation sites is 2. The van der Waals surface area contributed by atoms with Crippen molar-refractivity contribution in [2.75, 3.05) is 4.90 Å². The first-order valence-corrected chi connectivity index (χ1v) is 19.5. The maximum Gasteiger partial charge on any atom is 0.0629 e. The van der Waals surface area contributed by atoms with E-state index >= 15 is 0 Å². The molecule has 2 nitrogen and oxygen atoms in total. The van der Waals surface area contributed by atoms with Gasteiger partial charge in [-0.25, -0.2) is 0 Å². The first-order chi connectivity index (χ1) is 30.9. The predicted octanol–water partition coefficient (Wildman–Crippen LogP) is 15.6. The minimum Gasteiger partial charge on any atom is -0.310 e. The highest BCUT2D eigenvalue weighted by Gasteiger charge is 2.18. The van der Waals surface area contributed by atoms with Crippen molar-refractivity contribution in [1.82, 2.24) is 4.57 Å². The van der Waals surface area contributed by atoms with E-state index in [4.69, 9.17) is 6.85 Å². The van der Waals surface area contributed by atoms with Crippen LogP contribution in [0.5, 0.6) is 0 Å². The first kappa shape index (κ1) is 28.7. The monoisotopic (exact) mass is 743 g/mol. The zero-order chi connectivity index (χ0) is 42.8. The van der Waals surface area contributed by atoms with Crippen molar-refractivity contribution >= 4 is 60.4 Å². The molecule has 0 saturated heterocycles. The topological polar surface area (TPSA) is 8.17 Å². The van der Waals surface area contributed by atoms with Crippen LogP contribution in [0.25, 0.3) is 82.4 Å². The van der Waals surface area contributed by atoms with Crippen molar-refractivity contribution in [3.63, 3.8) is 0 Å². The van der Waals surface area contributed by atoms with E-state index < -0.39 is 6.04 Å². The lowest BCUT2D eigenvalue weighted by Gasteiger charge is -2.27. The van der Waals surface area contributed by atoms with E-state index in [1.165, 1.54) is 32.6 Å². The fraction of sp³-hybridized carbons (Fsp3) is 0. The summed E-state index contributed by atoms with van der Waals surface area (Å²) in [5.41, 5.74) is 11.6. The molecule has 0 saturated carbocycles. The van der Waals surface area contributed by atoms with E-state index in [0.717, 1.165) is 55.8 Å². The molecule has 0 radical (unpaired) electrons. The number of hydrogen-bond acceptors (Lipinski definition) is 1. The number of rotatable bonds is 7. The zero-order valence-electron chi connectivity index (χ0n) is 36.4. The second-order valence-corrected chi connectivity index (χ2v) is 14.6. The van der Waals surface area contributed by atoms with Gasteiger partial charge < -0.3 is 9.47 Å². The highest BCUT2D eigenvalue weighted by molar-refractivity contribution is 6.19. The summed E-state index contributed by atoms with van der Waals surface area (Å²) in [7, 11) is 0. The molecule has 0 N–H and O–H groups in total. The summed E-state index contributed by atoms with van der Waals surface area (Å²) >= 11 is 0. The van der Waals surface area contributed by atoms with Crippen LogP contribution in [0.1, 0.15) is 6.85 Å². The predicted molar refractivity (Wildman–Crippen MR) is 247 cm³/mol. The highest BCUT2D eigenvalue weighted by atomic mass is 15.1. The van der Waals surface area contributed by atoms with Gasteiger partial charge in [-0.1, -0.05) is 176 Å². The Hall–Kier alpha value is -7.68. The fourth-order valence-electron chi connectivity index (χ4n) is 8.56. The van der Waals surface area contributed by atoms with E-state index in [0.29, 0.717) is 5.56 Å². The van der Waals surface area contributed by atoms with Crippen LogP contribution in [0.4, 0.5) is 17.1 Å². The van der Waals surface area contributed by atoms with Crippen LogP contribution in [0, 0.1) is 0 Å². The van der Waals surface area contributed by atoms with E-state index in [-0.39, 0.29) is 29.7 Å². The van der Waals surface area contributed by atoms with Crippen LogP contribution in [0.15, 0.2) is 230 Å². The Labute approximate surface area is 345 Å². The molecule has 0 unspecified atom stereocenters. The van der Waals surface area contributed by atoms with Crippen LogP contribution in [0.3, 0.4) is 0 Å². The Morgan fingerprint density at radius 1 is 0.379 bits per heavy atom. The number of hydrogen-bond donors (Lipinski definition) is 0. The van der Waals surface area contributed by atoms with Gasteiger partial charge in [0.25, 0.3) is 0 Å². The molecule has 2 heteroatoms. The van der Waals surface area contributed by atoms with Gasteiger partial charge >= 0.3 is 0 Å². The molecule has 10 aromatic carbocycles. The summed E-state index contributed by atoms with van der Waals surface area (Å²) in [6, 6.07) is 68.5. The normalized spacial score (nSPS) is 12.7. The van der Waals surface area contributed by atoms with E-state index in [2.05, 4.69) is 167 Å². The Morgan fingerprint density at radius 2 is 1.00 bits per heavy atom. The van der Waals surface area contributed by atoms with E-state index in [1.54, 1.807) is 0 Å². The van der Waals surface area contributed by atoms with Gasteiger partial charge in [-0.2, -0.15) is 0 Å². The summed E-state index contributed by atoms with van der Waals surface area (Å²) < 4.78 is 43.9. The highest BCUT2D eigenvalue weighted by Crippen LogP contribution is 2.43. The molecule has 11 aromatic rings. The third-order valence-corrected chi connectivity index (χ3v) is 11.3. The van der Waals surface area contributed by atoms with Crippen LogP contribution < -0.4 is 4.90 Å². The Morgan fingerprint density at radius 3 is 1.81 bits per heavy atom. The van der Waals surface area contributed by atoms with Crippen LogP contribution in [-0.2, 0) is 0 Å². The number of nitrogens with zero attached hydrogens (tertiary/aromatic N) is 2. The second kappa shape index (κ2) is 14.1. The smallest absolute Gasteiger partial charge is 0.0629 e. The standard InChI is InChI=1S/C56H38N2/c1-4-14-39(15-5-1)40-30-34-47(35-31-40)57(45-17-6-2-7-18-45)54-25-13-23-50-48(22-12-24-51(50)54)43-28-26-41(27-29-43)44-33-37-55-53(38-44)52-36-32-42-16-10-11-21-49(42)56(52)58(55)46-19-8-3-9-20-46/h1-38H/i1D,4D,5D,14D,15D. The van der Waals surface area contributed by atoms with Gasteiger partial charge in [-0.3, -0.25) is 0 Å². The molecule has 0 bridgehead atoms. The van der Waals surface area contributed by atoms with Crippen LogP contribution >= 0.6 is 0 Å². The maximum absolute atomic E-state index is 8.54. The lowest BCUT2D eigenvalue weighted by atomic mass is 9.94. The Bertz CT molecular complexity index is 3520. The summed E-state index contributed by atoms with van der Waals surface area (Å²) in [5.74, 6) is 0. The van der Waals surface area contributed by atoms with Gasteiger partial charge in [0.1, 0.15) is 0 Å². The van der Waals surface area contributed by atoms with Gasteiger partial charge in [-0.05, 0) is 98.8 Å². The number of aromatic nitrogens is 1. The Kier molecular flexibility index (Phi) is 6.98. The molecule has 58 heavy (non-hydrogen) atoms. The van der Waals surface area contributed by atoms with Crippen molar-refractivity contribution in [3.8, 4) is 39.1 Å². The van der Waals surface area contributed by atoms with Crippen molar-refractivity contribution in [3.05, 3.63) is 230 Å². The van der Waals surface area contributed by atoms with Gasteiger partial charge in [0.2, 0.25) is 0 Å². The molecule has 0 spiro atoms. The molecule has 1 aromatic heterocycles. The van der Waals surface area contributed by atoms with Crippen LogP contribution in [0.2, 0.25) is 0 Å². The minimum absolute atomic E-state index is 0.185. The molecular formula is C56H38N2. The molecule has 0 amide bonds. The first-order valence-electron chi connectivity index (χ1n) is 22.0. The molecule has 11 rings (SSSR count). The largest absolute Gasteiger partial charge is 0.310 e. The average Bonchev–Trinajstić information content (AvgIpc) is 3.68. The average molecular weight is 744 g/mol. The second-order valence-electron chi connectivity index (χ2n) is 14.6. The summed E-state index contributed by atoms with van der Waals surface area (Å²) in [6.45, 7) is 0. The number of fused-ring (bicyclic) bond motifs is 6. The number of anilines is 3. The molecule has 0 aliphatic carbocycles. The van der Waals surface area contributed by atoms with Crippen molar-refractivity contribution in [2.24, 2.45) is 0 Å². The summed E-state index contributed by atoms with van der Waals surface area (Å²) in [5, 5.41) is 7.09. The van der Waals surface area contributed by atoms with Crippen molar-refractivity contribution in [2.45, 2.75) is 0 Å². The summed E-state index contributed by atoms with van der Waals surface area (Å²) in [6.07, 6.45) is 0. The van der Waals surface area contributed by atoms with Crippen LogP contribution in [-0.4, -0.2) is 4.57 Å². The fourth-order valence-corrected chi connectivity index (χ4v) is 8.56. The molecule has 272 valence electrons. The van der Waals surface area contributed by atoms with Gasteiger partial charge in [0.15, 0.2) is 0 Å². The van der Waals surface area contributed by atoms with Gasteiger partial charge in [0, 0.05) is 38.6 Å². The lowest BCUT2D eigenvalue weighted by Crippen LogP contribution is -2.10. The summed E-state index contributed by atoms with van der Waals surface area (Å²) in [4.78, 5) is 2.20. The molecule has 1 heterocycles.